The Morgan fingerprint density at radius 3 is 2.67 bits per heavy atom. The fourth-order valence-electron chi connectivity index (χ4n) is 2.29. The fourth-order valence-corrected chi connectivity index (χ4v) is 4.16. The molecule has 1 aromatic carbocycles. The van der Waals surface area contributed by atoms with Crippen LogP contribution in [-0.4, -0.2) is 43.3 Å². The van der Waals surface area contributed by atoms with Crippen molar-refractivity contribution in [3.8, 4) is 0 Å². The first-order chi connectivity index (χ1) is 9.34. The topological polar surface area (TPSA) is 92.5 Å². The van der Waals surface area contributed by atoms with Gasteiger partial charge in [0.05, 0.1) is 9.82 Å². The summed E-state index contributed by atoms with van der Waals surface area (Å²) >= 11 is 0. The van der Waals surface area contributed by atoms with Gasteiger partial charge in [-0.3, -0.25) is 10.1 Å². The van der Waals surface area contributed by atoms with Crippen molar-refractivity contribution < 1.29 is 13.3 Å². The number of rotatable bonds is 3. The van der Waals surface area contributed by atoms with Gasteiger partial charge in [-0.2, -0.15) is 4.31 Å². The lowest BCUT2D eigenvalue weighted by molar-refractivity contribution is -0.385. The fraction of sp³-hybridized carbons (Fsp3) is 0.500. The highest BCUT2D eigenvalue weighted by Gasteiger charge is 2.32. The van der Waals surface area contributed by atoms with Crippen LogP contribution in [0.15, 0.2) is 23.1 Å². The van der Waals surface area contributed by atoms with E-state index >= 15 is 0 Å². The molecule has 7 nitrogen and oxygen atoms in total. The molecule has 1 aliphatic heterocycles. The Balaban J connectivity index is 0.00000220. The molecule has 0 saturated carbocycles. The van der Waals surface area contributed by atoms with Crippen LogP contribution in [0.1, 0.15) is 12.5 Å². The first kappa shape index (κ1) is 17.8. The number of nitrogens with zero attached hydrogens (tertiary/aromatic N) is 2. The van der Waals surface area contributed by atoms with Crippen LogP contribution in [0.3, 0.4) is 0 Å². The normalized spacial score (nSPS) is 19.8. The van der Waals surface area contributed by atoms with Crippen LogP contribution >= 0.6 is 12.4 Å². The second-order valence-corrected chi connectivity index (χ2v) is 6.73. The van der Waals surface area contributed by atoms with Gasteiger partial charge >= 0.3 is 0 Å². The van der Waals surface area contributed by atoms with Gasteiger partial charge in [0.25, 0.3) is 5.69 Å². The molecule has 0 bridgehead atoms. The van der Waals surface area contributed by atoms with Crippen LogP contribution in [-0.2, 0) is 10.0 Å². The van der Waals surface area contributed by atoms with Crippen molar-refractivity contribution in [1.29, 1.82) is 0 Å². The van der Waals surface area contributed by atoms with E-state index in [4.69, 9.17) is 0 Å². The van der Waals surface area contributed by atoms with Gasteiger partial charge in [-0.15, -0.1) is 12.4 Å². The van der Waals surface area contributed by atoms with E-state index in [2.05, 4.69) is 5.32 Å². The van der Waals surface area contributed by atoms with E-state index in [0.717, 1.165) is 6.07 Å². The molecule has 0 spiro atoms. The quantitative estimate of drug-likeness (QED) is 0.664. The van der Waals surface area contributed by atoms with Crippen molar-refractivity contribution >= 4 is 28.1 Å². The molecule has 0 aliphatic carbocycles. The van der Waals surface area contributed by atoms with Crippen molar-refractivity contribution in [1.82, 2.24) is 9.62 Å². The Hall–Kier alpha value is -1.22. The number of non-ortho nitro benzene ring substituents is 1. The molecule has 0 radical (unpaired) electrons. The second kappa shape index (κ2) is 6.69. The molecular weight excluding hydrogens is 318 g/mol. The number of piperazine rings is 1. The monoisotopic (exact) mass is 335 g/mol. The minimum absolute atomic E-state index is 0. The molecule has 118 valence electrons. The predicted octanol–water partition coefficient (Wildman–Crippen LogP) is 1.31. The number of aryl methyl sites for hydroxylation is 1. The number of benzene rings is 1. The Morgan fingerprint density at radius 2 is 2.10 bits per heavy atom. The lowest BCUT2D eigenvalue weighted by Gasteiger charge is -2.33. The van der Waals surface area contributed by atoms with Crippen molar-refractivity contribution in [2.45, 2.75) is 24.8 Å². The van der Waals surface area contributed by atoms with Crippen LogP contribution in [0.5, 0.6) is 0 Å². The van der Waals surface area contributed by atoms with Crippen molar-refractivity contribution in [3.05, 3.63) is 33.9 Å². The number of halogens is 1. The summed E-state index contributed by atoms with van der Waals surface area (Å²) in [6.45, 7) is 4.98. The summed E-state index contributed by atoms with van der Waals surface area (Å²) in [5, 5.41) is 13.9. The van der Waals surface area contributed by atoms with Crippen molar-refractivity contribution in [3.63, 3.8) is 0 Å². The maximum Gasteiger partial charge on any atom is 0.270 e. The van der Waals surface area contributed by atoms with E-state index in [1.54, 1.807) is 6.92 Å². The molecule has 1 saturated heterocycles. The standard InChI is InChI=1S/C12H17N3O4S.ClH/c1-9-3-4-11(15(16)17)7-12(9)20(18,19)14-6-5-13-8-10(14)2;/h3-4,7,10,13H,5-6,8H2,1-2H3;1H/t10-;/m0./s1. The lowest BCUT2D eigenvalue weighted by atomic mass is 10.2. The molecule has 0 aromatic heterocycles. The molecule has 9 heteroatoms. The first-order valence-corrected chi connectivity index (χ1v) is 7.75. The molecular formula is C12H18ClN3O4S. The Morgan fingerprint density at radius 1 is 1.43 bits per heavy atom. The van der Waals surface area contributed by atoms with Gasteiger partial charge in [-0.05, 0) is 19.4 Å². The maximum absolute atomic E-state index is 12.7. The van der Waals surface area contributed by atoms with E-state index < -0.39 is 14.9 Å². The predicted molar refractivity (Wildman–Crippen MR) is 81.3 cm³/mol. The largest absolute Gasteiger partial charge is 0.314 e. The zero-order chi connectivity index (χ0) is 14.9. The molecule has 1 fully saturated rings. The van der Waals surface area contributed by atoms with E-state index in [1.807, 2.05) is 6.92 Å². The first-order valence-electron chi connectivity index (χ1n) is 6.31. The highest BCUT2D eigenvalue weighted by molar-refractivity contribution is 7.89. The zero-order valence-electron chi connectivity index (χ0n) is 11.8. The Kier molecular flexibility index (Phi) is 5.68. The molecule has 1 heterocycles. The number of nitro benzene ring substituents is 1. The number of nitrogens with one attached hydrogen (secondary N) is 1. The lowest BCUT2D eigenvalue weighted by Crippen LogP contribution is -2.52. The van der Waals surface area contributed by atoms with E-state index in [1.165, 1.54) is 16.4 Å². The van der Waals surface area contributed by atoms with Gasteiger partial charge < -0.3 is 5.32 Å². The van der Waals surface area contributed by atoms with Gasteiger partial charge in [-0.1, -0.05) is 6.07 Å². The number of hydrogen-bond donors (Lipinski definition) is 1. The van der Waals surface area contributed by atoms with Gasteiger partial charge in [0.1, 0.15) is 0 Å². The molecule has 21 heavy (non-hydrogen) atoms. The van der Waals surface area contributed by atoms with Crippen LogP contribution in [0.25, 0.3) is 0 Å². The molecule has 0 amide bonds. The van der Waals surface area contributed by atoms with Gasteiger partial charge in [-0.25, -0.2) is 8.42 Å². The molecule has 2 rings (SSSR count). The smallest absolute Gasteiger partial charge is 0.270 e. The highest BCUT2D eigenvalue weighted by Crippen LogP contribution is 2.26. The summed E-state index contributed by atoms with van der Waals surface area (Å²) in [4.78, 5) is 10.2. The molecule has 1 N–H and O–H groups in total. The Bertz CT molecular complexity index is 635. The average Bonchev–Trinajstić information content (AvgIpc) is 2.39. The minimum atomic E-state index is -3.71. The average molecular weight is 336 g/mol. The number of sulfonamides is 1. The molecule has 1 aliphatic rings. The maximum atomic E-state index is 12.7. The summed E-state index contributed by atoms with van der Waals surface area (Å²) < 4.78 is 26.7. The van der Waals surface area contributed by atoms with Crippen LogP contribution < -0.4 is 5.32 Å². The second-order valence-electron chi connectivity index (χ2n) is 4.88. The highest BCUT2D eigenvalue weighted by atomic mass is 35.5. The van der Waals surface area contributed by atoms with E-state index in [0.29, 0.717) is 25.2 Å². The molecule has 1 atom stereocenters. The number of hydrogen-bond acceptors (Lipinski definition) is 5. The van der Waals surface area contributed by atoms with Crippen LogP contribution in [0.2, 0.25) is 0 Å². The van der Waals surface area contributed by atoms with E-state index in [-0.39, 0.29) is 29.0 Å². The van der Waals surface area contributed by atoms with Crippen LogP contribution in [0, 0.1) is 17.0 Å². The summed E-state index contributed by atoms with van der Waals surface area (Å²) in [6, 6.07) is 3.75. The molecule has 0 unspecified atom stereocenters. The summed E-state index contributed by atoms with van der Waals surface area (Å²) in [6.07, 6.45) is 0. The minimum Gasteiger partial charge on any atom is -0.314 e. The summed E-state index contributed by atoms with van der Waals surface area (Å²) in [5.41, 5.74) is 0.304. The van der Waals surface area contributed by atoms with E-state index in [9.17, 15) is 18.5 Å². The van der Waals surface area contributed by atoms with Gasteiger partial charge in [0.15, 0.2) is 0 Å². The Labute approximate surface area is 129 Å². The summed E-state index contributed by atoms with van der Waals surface area (Å²) in [5.74, 6) is 0. The number of nitro groups is 1. The third-order valence-electron chi connectivity index (χ3n) is 3.41. The van der Waals surface area contributed by atoms with Crippen molar-refractivity contribution in [2.75, 3.05) is 19.6 Å². The van der Waals surface area contributed by atoms with Crippen LogP contribution in [0.4, 0.5) is 5.69 Å². The third kappa shape index (κ3) is 3.52. The zero-order valence-corrected chi connectivity index (χ0v) is 13.4. The van der Waals surface area contributed by atoms with Gasteiger partial charge in [0.2, 0.25) is 10.0 Å². The third-order valence-corrected chi connectivity index (χ3v) is 5.57. The van der Waals surface area contributed by atoms with Crippen molar-refractivity contribution in [2.24, 2.45) is 0 Å². The molecule has 1 aromatic rings. The van der Waals surface area contributed by atoms with Gasteiger partial charge in [0, 0.05) is 37.8 Å². The SMILES string of the molecule is Cc1ccc([N+](=O)[O-])cc1S(=O)(=O)N1CCNC[C@@H]1C.Cl. The summed E-state index contributed by atoms with van der Waals surface area (Å²) in [7, 11) is -3.71.